The molecule has 0 saturated carbocycles. The number of likely N-dealkylation sites (N-methyl/N-ethyl adjacent to an activating group) is 1. The van der Waals surface area contributed by atoms with Crippen LogP contribution in [0.3, 0.4) is 0 Å². The third-order valence-corrected chi connectivity index (χ3v) is 15.8. The second kappa shape index (κ2) is 12.6. The second-order valence-corrected chi connectivity index (χ2v) is 19.0. The van der Waals surface area contributed by atoms with Crippen LogP contribution in [0.1, 0.15) is 74.2 Å². The number of halogens is 1. The summed E-state index contributed by atoms with van der Waals surface area (Å²) in [7, 11) is 1.42. The van der Waals surface area contributed by atoms with E-state index in [1.165, 1.54) is 12.1 Å². The van der Waals surface area contributed by atoms with Gasteiger partial charge in [0.2, 0.25) is 5.91 Å². The molecule has 2 aliphatic rings. The van der Waals surface area contributed by atoms with Crippen molar-refractivity contribution < 1.29 is 18.4 Å². The average molecular weight is 619 g/mol. The van der Waals surface area contributed by atoms with Crippen molar-refractivity contribution in [1.29, 1.82) is 0 Å². The molecular formula is C35H47FN4O3Si. The van der Waals surface area contributed by atoms with Crippen LogP contribution in [0.5, 0.6) is 5.75 Å². The first kappa shape index (κ1) is 32.1. The number of piperazine rings is 1. The predicted octanol–water partition coefficient (Wildman–Crippen LogP) is 6.42. The van der Waals surface area contributed by atoms with E-state index in [0.717, 1.165) is 40.7 Å². The van der Waals surface area contributed by atoms with Crippen molar-refractivity contribution in [3.8, 4) is 5.75 Å². The van der Waals surface area contributed by atoms with Crippen LogP contribution in [-0.4, -0.2) is 80.1 Å². The zero-order valence-electron chi connectivity index (χ0n) is 27.5. The van der Waals surface area contributed by atoms with Crippen LogP contribution < -0.4 is 4.43 Å². The summed E-state index contributed by atoms with van der Waals surface area (Å²) in [6.07, 6.45) is 2.61. The van der Waals surface area contributed by atoms with E-state index in [9.17, 15) is 14.0 Å². The summed E-state index contributed by atoms with van der Waals surface area (Å²) in [5.41, 5.74) is 5.80. The molecule has 1 saturated heterocycles. The maximum Gasteiger partial charge on any atom is 0.258 e. The van der Waals surface area contributed by atoms with E-state index in [1.807, 2.05) is 18.1 Å². The lowest BCUT2D eigenvalue weighted by molar-refractivity contribution is -0.132. The van der Waals surface area contributed by atoms with Crippen LogP contribution in [0.2, 0.25) is 16.6 Å². The van der Waals surface area contributed by atoms with Gasteiger partial charge < -0.3 is 19.1 Å². The molecule has 7 nitrogen and oxygen atoms in total. The molecule has 236 valence electrons. The molecule has 5 rings (SSSR count). The molecule has 1 aromatic heterocycles. The van der Waals surface area contributed by atoms with Crippen LogP contribution in [-0.2, 0) is 24.2 Å². The molecule has 0 spiro atoms. The number of rotatable bonds is 9. The fourth-order valence-electron chi connectivity index (χ4n) is 7.47. The minimum absolute atomic E-state index is 0.0662. The van der Waals surface area contributed by atoms with E-state index in [0.29, 0.717) is 59.5 Å². The fourth-order valence-corrected chi connectivity index (χ4v) is 12.7. The Morgan fingerprint density at radius 2 is 1.57 bits per heavy atom. The SMILES string of the molecule is CC(C)[Si](Oc1c2c(c(CC(=O)N3CCN(C)CC3)c3cc(Cc4ccc(F)cc4)cnc13)CN(C)C2=O)(C(C)C)C(C)C. The molecule has 0 radical (unpaired) electrons. The van der Waals surface area contributed by atoms with Crippen molar-refractivity contribution in [2.75, 3.05) is 40.3 Å². The normalized spacial score (nSPS) is 16.1. The summed E-state index contributed by atoms with van der Waals surface area (Å²) in [5.74, 6) is 0.295. The van der Waals surface area contributed by atoms with Gasteiger partial charge in [-0.2, -0.15) is 0 Å². The Morgan fingerprint density at radius 3 is 2.16 bits per heavy atom. The van der Waals surface area contributed by atoms with Crippen LogP contribution in [0.15, 0.2) is 36.5 Å². The van der Waals surface area contributed by atoms with Crippen molar-refractivity contribution in [2.45, 2.75) is 77.6 Å². The van der Waals surface area contributed by atoms with Crippen LogP contribution in [0.4, 0.5) is 4.39 Å². The lowest BCUT2D eigenvalue weighted by atomic mass is 9.92. The Labute approximate surface area is 262 Å². The van der Waals surface area contributed by atoms with Gasteiger partial charge in [0.15, 0.2) is 0 Å². The van der Waals surface area contributed by atoms with Crippen molar-refractivity contribution in [2.24, 2.45) is 0 Å². The van der Waals surface area contributed by atoms with Crippen molar-refractivity contribution in [3.05, 3.63) is 70.2 Å². The highest BCUT2D eigenvalue weighted by atomic mass is 28.4. The molecule has 0 bridgehead atoms. The number of aromatic nitrogens is 1. The molecule has 1 fully saturated rings. The molecule has 0 aliphatic carbocycles. The van der Waals surface area contributed by atoms with Gasteiger partial charge in [-0.15, -0.1) is 0 Å². The van der Waals surface area contributed by atoms with E-state index in [1.54, 1.807) is 17.0 Å². The van der Waals surface area contributed by atoms with Gasteiger partial charge in [0.25, 0.3) is 14.2 Å². The number of pyridine rings is 1. The number of benzene rings is 2. The first-order valence-electron chi connectivity index (χ1n) is 15.9. The second-order valence-electron chi connectivity index (χ2n) is 13.6. The standard InChI is InChI=1S/C35H47FN4O3Si/c1-22(2)44(23(3)4,24(5)6)43-34-32-30(21-39(8)35(32)42)28(19-31(41)40-15-13-38(7)14-16-40)29-18-26(20-37-33(29)34)17-25-9-11-27(36)12-10-25/h9-12,18,20,22-24H,13-17,19,21H2,1-8H3. The number of carbonyl (C=O) groups excluding carboxylic acids is 2. The van der Waals surface area contributed by atoms with Crippen molar-refractivity contribution >= 4 is 31.0 Å². The highest BCUT2D eigenvalue weighted by Gasteiger charge is 2.49. The average Bonchev–Trinajstić information content (AvgIpc) is 3.27. The van der Waals surface area contributed by atoms with Crippen molar-refractivity contribution in [1.82, 2.24) is 19.7 Å². The summed E-state index contributed by atoms with van der Waals surface area (Å²) in [4.78, 5) is 38.6. The van der Waals surface area contributed by atoms with E-state index in [-0.39, 0.29) is 24.1 Å². The van der Waals surface area contributed by atoms with Gasteiger partial charge in [0, 0.05) is 51.4 Å². The molecule has 9 heteroatoms. The maximum atomic E-state index is 13.9. The van der Waals surface area contributed by atoms with Gasteiger partial charge in [-0.1, -0.05) is 53.7 Å². The molecule has 2 amide bonds. The Morgan fingerprint density at radius 1 is 0.955 bits per heavy atom. The number of hydrogen-bond acceptors (Lipinski definition) is 5. The quantitative estimate of drug-likeness (QED) is 0.259. The molecule has 3 aromatic rings. The molecule has 2 aromatic carbocycles. The van der Waals surface area contributed by atoms with E-state index in [4.69, 9.17) is 9.41 Å². The number of carbonyl (C=O) groups is 2. The number of fused-ring (bicyclic) bond motifs is 2. The summed E-state index contributed by atoms with van der Waals surface area (Å²) < 4.78 is 20.9. The zero-order valence-corrected chi connectivity index (χ0v) is 28.5. The minimum Gasteiger partial charge on any atom is -0.541 e. The van der Waals surface area contributed by atoms with Gasteiger partial charge >= 0.3 is 0 Å². The topological polar surface area (TPSA) is 66.0 Å². The number of hydrogen-bond donors (Lipinski definition) is 0. The molecule has 44 heavy (non-hydrogen) atoms. The molecule has 0 atom stereocenters. The first-order chi connectivity index (χ1) is 20.8. The Hall–Kier alpha value is -3.30. The summed E-state index contributed by atoms with van der Waals surface area (Å²) in [6.45, 7) is 16.9. The lowest BCUT2D eigenvalue weighted by Gasteiger charge is -2.42. The smallest absolute Gasteiger partial charge is 0.258 e. The first-order valence-corrected chi connectivity index (χ1v) is 18.1. The van der Waals surface area contributed by atoms with Gasteiger partial charge in [-0.05, 0) is 70.5 Å². The van der Waals surface area contributed by atoms with Gasteiger partial charge in [-0.3, -0.25) is 14.6 Å². The number of amides is 2. The van der Waals surface area contributed by atoms with E-state index in [2.05, 4.69) is 59.6 Å². The Balaban J connectivity index is 1.71. The van der Waals surface area contributed by atoms with Crippen LogP contribution in [0, 0.1) is 5.82 Å². The molecule has 0 N–H and O–H groups in total. The van der Waals surface area contributed by atoms with Crippen molar-refractivity contribution in [3.63, 3.8) is 0 Å². The monoisotopic (exact) mass is 618 g/mol. The maximum absolute atomic E-state index is 13.9. The van der Waals surface area contributed by atoms with Gasteiger partial charge in [0.1, 0.15) is 17.1 Å². The van der Waals surface area contributed by atoms with E-state index >= 15 is 0 Å². The minimum atomic E-state index is -2.47. The highest BCUT2D eigenvalue weighted by Crippen LogP contribution is 2.48. The Bertz CT molecular complexity index is 1530. The molecule has 3 heterocycles. The molecule has 2 aliphatic heterocycles. The molecule has 0 unspecified atom stereocenters. The lowest BCUT2D eigenvalue weighted by Crippen LogP contribution is -2.51. The fraction of sp³-hybridized carbons (Fsp3) is 0.514. The summed E-state index contributed by atoms with van der Waals surface area (Å²) in [5, 5.41) is 0.864. The summed E-state index contributed by atoms with van der Waals surface area (Å²) >= 11 is 0. The highest BCUT2D eigenvalue weighted by molar-refractivity contribution is 6.78. The summed E-state index contributed by atoms with van der Waals surface area (Å²) in [6, 6.07) is 8.63. The Kier molecular flexibility index (Phi) is 9.19. The van der Waals surface area contributed by atoms with Crippen LogP contribution >= 0.6 is 0 Å². The van der Waals surface area contributed by atoms with E-state index < -0.39 is 8.32 Å². The molecular weight excluding hydrogens is 571 g/mol. The van der Waals surface area contributed by atoms with Crippen LogP contribution in [0.25, 0.3) is 10.9 Å². The number of nitrogens with zero attached hydrogens (tertiary/aromatic N) is 4. The largest absolute Gasteiger partial charge is 0.541 e. The van der Waals surface area contributed by atoms with Gasteiger partial charge in [0.05, 0.1) is 12.0 Å². The predicted molar refractivity (Wildman–Crippen MR) is 176 cm³/mol. The van der Waals surface area contributed by atoms with Gasteiger partial charge in [-0.25, -0.2) is 4.39 Å². The third-order valence-electron chi connectivity index (χ3n) is 9.82. The third kappa shape index (κ3) is 5.88. The zero-order chi connectivity index (χ0) is 31.9.